The number of carboxylic acid groups (broad SMARTS) is 1. The smallest absolute Gasteiger partial charge is 0.332 e. The quantitative estimate of drug-likeness (QED) is 0.633. The molecule has 0 fully saturated rings. The fourth-order valence-corrected chi connectivity index (χ4v) is 0.721. The predicted molar refractivity (Wildman–Crippen MR) is 39.4 cm³/mol. The summed E-state index contributed by atoms with van der Waals surface area (Å²) in [6.07, 6.45) is 2.94. The summed E-state index contributed by atoms with van der Waals surface area (Å²) in [4.78, 5) is 17.8. The topological polar surface area (TPSA) is 83.3 Å². The van der Waals surface area contributed by atoms with Crippen molar-refractivity contribution in [2.75, 3.05) is 0 Å². The summed E-state index contributed by atoms with van der Waals surface area (Å²) in [5, 5.41) is 17.3. The van der Waals surface area contributed by atoms with Crippen molar-refractivity contribution in [3.63, 3.8) is 0 Å². The Labute approximate surface area is 68.7 Å². The van der Waals surface area contributed by atoms with Crippen molar-refractivity contribution in [1.82, 2.24) is 9.97 Å². The third kappa shape index (κ3) is 2.28. The van der Waals surface area contributed by atoms with Gasteiger partial charge in [0.1, 0.15) is 0 Å². The Morgan fingerprint density at radius 2 is 2.33 bits per heavy atom. The molecule has 1 heterocycles. The molecule has 0 amide bonds. The largest absolute Gasteiger partial charge is 0.479 e. The van der Waals surface area contributed by atoms with E-state index in [9.17, 15) is 4.79 Å². The number of nitrogens with zero attached hydrogens (tertiary/aromatic N) is 2. The minimum atomic E-state index is -1.40. The Bertz CT molecular complexity index is 263. The van der Waals surface area contributed by atoms with Gasteiger partial charge in [0.2, 0.25) is 0 Å². The van der Waals surface area contributed by atoms with Crippen molar-refractivity contribution < 1.29 is 15.0 Å². The molecule has 0 saturated heterocycles. The lowest BCUT2D eigenvalue weighted by atomic mass is 10.2. The number of aliphatic carboxylic acids is 1. The third-order valence-electron chi connectivity index (χ3n) is 1.30. The summed E-state index contributed by atoms with van der Waals surface area (Å²) in [6, 6.07) is 0. The Morgan fingerprint density at radius 3 is 2.83 bits per heavy atom. The number of rotatable bonds is 3. The summed E-state index contributed by atoms with van der Waals surface area (Å²) >= 11 is 0. The second-order valence-electron chi connectivity index (χ2n) is 2.25. The third-order valence-corrected chi connectivity index (χ3v) is 1.30. The van der Waals surface area contributed by atoms with E-state index < -0.39 is 12.1 Å². The zero-order valence-electron chi connectivity index (χ0n) is 6.21. The van der Waals surface area contributed by atoms with Crippen LogP contribution < -0.4 is 0 Å². The summed E-state index contributed by atoms with van der Waals surface area (Å²) in [7, 11) is 0. The minimum absolute atomic E-state index is 0.0107. The van der Waals surface area contributed by atoms with Crippen LogP contribution in [0, 0.1) is 0 Å². The molecule has 1 unspecified atom stereocenters. The first-order chi connectivity index (χ1) is 5.70. The highest BCUT2D eigenvalue weighted by atomic mass is 16.4. The van der Waals surface area contributed by atoms with Crippen molar-refractivity contribution in [3.05, 3.63) is 24.3 Å². The van der Waals surface area contributed by atoms with Gasteiger partial charge in [-0.15, -0.1) is 0 Å². The Kier molecular flexibility index (Phi) is 2.71. The number of carbonyl (C=O) groups is 1. The molecule has 1 rings (SSSR count). The number of aliphatic hydroxyl groups is 1. The normalized spacial score (nSPS) is 12.4. The highest BCUT2D eigenvalue weighted by Crippen LogP contribution is 1.96. The van der Waals surface area contributed by atoms with Gasteiger partial charge in [-0.2, -0.15) is 0 Å². The zero-order chi connectivity index (χ0) is 8.97. The van der Waals surface area contributed by atoms with Crippen LogP contribution in [-0.2, 0) is 11.2 Å². The Balaban J connectivity index is 2.58. The van der Waals surface area contributed by atoms with Crippen LogP contribution in [0.3, 0.4) is 0 Å². The van der Waals surface area contributed by atoms with Crippen LogP contribution >= 0.6 is 0 Å². The SMILES string of the molecule is O=C(O)C(O)Cc1cnccn1. The molecule has 1 aromatic heterocycles. The van der Waals surface area contributed by atoms with E-state index in [0.717, 1.165) is 0 Å². The Morgan fingerprint density at radius 1 is 1.58 bits per heavy atom. The average Bonchev–Trinajstić information content (AvgIpc) is 2.06. The van der Waals surface area contributed by atoms with Crippen molar-refractivity contribution in [2.45, 2.75) is 12.5 Å². The fraction of sp³-hybridized carbons (Fsp3) is 0.286. The van der Waals surface area contributed by atoms with Gasteiger partial charge in [-0.1, -0.05) is 0 Å². The molecule has 0 radical (unpaired) electrons. The van der Waals surface area contributed by atoms with Gasteiger partial charge in [-0.25, -0.2) is 4.79 Å². The van der Waals surface area contributed by atoms with E-state index >= 15 is 0 Å². The lowest BCUT2D eigenvalue weighted by molar-refractivity contribution is -0.146. The second kappa shape index (κ2) is 3.77. The molecule has 5 nitrogen and oxygen atoms in total. The fourth-order valence-electron chi connectivity index (χ4n) is 0.721. The lowest BCUT2D eigenvalue weighted by Crippen LogP contribution is -2.22. The average molecular weight is 168 g/mol. The van der Waals surface area contributed by atoms with E-state index in [1.807, 2.05) is 0 Å². The number of aromatic nitrogens is 2. The maximum atomic E-state index is 10.2. The van der Waals surface area contributed by atoms with Crippen molar-refractivity contribution in [3.8, 4) is 0 Å². The van der Waals surface area contributed by atoms with Gasteiger partial charge >= 0.3 is 5.97 Å². The summed E-state index contributed by atoms with van der Waals surface area (Å²) in [5.41, 5.74) is 0.465. The molecular formula is C7H8N2O3. The molecule has 1 aromatic rings. The van der Waals surface area contributed by atoms with Crippen LogP contribution in [0.25, 0.3) is 0 Å². The molecule has 5 heteroatoms. The molecule has 0 aliphatic rings. The zero-order valence-corrected chi connectivity index (χ0v) is 6.21. The molecule has 12 heavy (non-hydrogen) atoms. The van der Waals surface area contributed by atoms with Gasteiger partial charge in [-0.05, 0) is 0 Å². The molecule has 0 spiro atoms. The van der Waals surface area contributed by atoms with Crippen molar-refractivity contribution >= 4 is 5.97 Å². The van der Waals surface area contributed by atoms with Gasteiger partial charge in [0.25, 0.3) is 0 Å². The molecule has 1 atom stereocenters. The van der Waals surface area contributed by atoms with Gasteiger partial charge in [0.05, 0.1) is 5.69 Å². The van der Waals surface area contributed by atoms with E-state index in [4.69, 9.17) is 10.2 Å². The lowest BCUT2D eigenvalue weighted by Gasteiger charge is -2.02. The van der Waals surface area contributed by atoms with Crippen LogP contribution in [0.2, 0.25) is 0 Å². The van der Waals surface area contributed by atoms with E-state index in [-0.39, 0.29) is 6.42 Å². The van der Waals surface area contributed by atoms with Crippen LogP contribution in [0.4, 0.5) is 0 Å². The first-order valence-electron chi connectivity index (χ1n) is 3.36. The second-order valence-corrected chi connectivity index (χ2v) is 2.25. The standard InChI is InChI=1S/C7H8N2O3/c10-6(7(11)12)3-5-4-8-1-2-9-5/h1-2,4,6,10H,3H2,(H,11,12). The van der Waals surface area contributed by atoms with Crippen molar-refractivity contribution in [2.24, 2.45) is 0 Å². The molecular weight excluding hydrogens is 160 g/mol. The van der Waals surface area contributed by atoms with E-state index in [1.54, 1.807) is 0 Å². The van der Waals surface area contributed by atoms with Gasteiger partial charge in [0.15, 0.2) is 6.10 Å². The van der Waals surface area contributed by atoms with Crippen molar-refractivity contribution in [1.29, 1.82) is 0 Å². The predicted octanol–water partition coefficient (Wildman–Crippen LogP) is -0.535. The molecule has 0 aliphatic heterocycles. The maximum absolute atomic E-state index is 10.2. The summed E-state index contributed by atoms with van der Waals surface area (Å²) in [6.45, 7) is 0. The molecule has 2 N–H and O–H groups in total. The van der Waals surface area contributed by atoms with E-state index in [2.05, 4.69) is 9.97 Å². The highest BCUT2D eigenvalue weighted by Gasteiger charge is 2.13. The van der Waals surface area contributed by atoms with Crippen LogP contribution in [0.15, 0.2) is 18.6 Å². The molecule has 64 valence electrons. The molecule has 0 saturated carbocycles. The first kappa shape index (κ1) is 8.61. The monoisotopic (exact) mass is 168 g/mol. The van der Waals surface area contributed by atoms with E-state index in [0.29, 0.717) is 5.69 Å². The summed E-state index contributed by atoms with van der Waals surface area (Å²) in [5.74, 6) is -1.25. The van der Waals surface area contributed by atoms with Gasteiger partial charge in [0, 0.05) is 25.0 Å². The number of hydrogen-bond acceptors (Lipinski definition) is 4. The number of carboxylic acids is 1. The first-order valence-corrected chi connectivity index (χ1v) is 3.36. The van der Waals surface area contributed by atoms with Crippen LogP contribution in [0.5, 0.6) is 0 Å². The van der Waals surface area contributed by atoms with Gasteiger partial charge < -0.3 is 10.2 Å². The highest BCUT2D eigenvalue weighted by molar-refractivity contribution is 5.72. The van der Waals surface area contributed by atoms with E-state index in [1.165, 1.54) is 18.6 Å². The van der Waals surface area contributed by atoms with Crippen LogP contribution in [-0.4, -0.2) is 32.3 Å². The van der Waals surface area contributed by atoms with Gasteiger partial charge in [-0.3, -0.25) is 9.97 Å². The minimum Gasteiger partial charge on any atom is -0.479 e. The number of hydrogen-bond donors (Lipinski definition) is 2. The summed E-state index contributed by atoms with van der Waals surface area (Å²) < 4.78 is 0. The molecule has 0 bridgehead atoms. The van der Waals surface area contributed by atoms with Crippen LogP contribution in [0.1, 0.15) is 5.69 Å². The Hall–Kier alpha value is -1.49. The maximum Gasteiger partial charge on any atom is 0.332 e. The molecule has 0 aromatic carbocycles. The number of aliphatic hydroxyl groups excluding tert-OH is 1. The molecule has 0 aliphatic carbocycles.